The van der Waals surface area contributed by atoms with Crippen LogP contribution in [0.3, 0.4) is 0 Å². The van der Waals surface area contributed by atoms with Crippen LogP contribution in [-0.2, 0) is 11.0 Å². The summed E-state index contributed by atoms with van der Waals surface area (Å²) in [5.74, 6) is -4.46. The number of aliphatic hydroxyl groups is 1. The Labute approximate surface area is 234 Å². The van der Waals surface area contributed by atoms with Gasteiger partial charge in [0.2, 0.25) is 0 Å². The Balaban J connectivity index is 2.13. The molecule has 1 amide bonds. The van der Waals surface area contributed by atoms with Crippen molar-refractivity contribution in [3.8, 4) is 0 Å². The predicted molar refractivity (Wildman–Crippen MR) is 143 cm³/mol. The normalized spacial score (nSPS) is 14.2. The molecule has 0 saturated heterocycles. The van der Waals surface area contributed by atoms with Crippen LogP contribution in [0.4, 0.5) is 46.5 Å². The lowest BCUT2D eigenvalue weighted by Gasteiger charge is -2.23. The van der Waals surface area contributed by atoms with Gasteiger partial charge in [0.1, 0.15) is 0 Å². The second kappa shape index (κ2) is 16.6. The van der Waals surface area contributed by atoms with Gasteiger partial charge in [-0.1, -0.05) is 32.1 Å². The number of benzene rings is 1. The standard InChI is InChI=1S/C26H39F8N3O2S/c1-23(39,22(38)37-19-11-12-21(35-2)20(17-19)25(29,30)31)18-36-14-8-6-4-3-5-7-9-15-40-16-10-13-24(27,28)26(32,33)34/h11-12,17,35-36,39H,3-10,13-16,18H2,1-2H3,(H,37,38)/t23-/m0/s1. The van der Waals surface area contributed by atoms with E-state index in [1.807, 2.05) is 0 Å². The maximum absolute atomic E-state index is 13.2. The van der Waals surface area contributed by atoms with E-state index in [0.29, 0.717) is 6.54 Å². The number of thioether (sulfide) groups is 1. The van der Waals surface area contributed by atoms with Gasteiger partial charge < -0.3 is 21.1 Å². The van der Waals surface area contributed by atoms with Crippen molar-refractivity contribution in [2.45, 2.75) is 88.6 Å². The molecular formula is C26H39F8N3O2S. The maximum atomic E-state index is 13.2. The molecule has 14 heteroatoms. The fourth-order valence-corrected chi connectivity index (χ4v) is 4.69. The van der Waals surface area contributed by atoms with Crippen LogP contribution < -0.4 is 16.0 Å². The van der Waals surface area contributed by atoms with E-state index < -0.39 is 41.8 Å². The van der Waals surface area contributed by atoms with Crippen molar-refractivity contribution in [3.05, 3.63) is 23.8 Å². The van der Waals surface area contributed by atoms with Crippen molar-refractivity contribution in [3.63, 3.8) is 0 Å². The molecular weight excluding hydrogens is 570 g/mol. The van der Waals surface area contributed by atoms with Gasteiger partial charge in [0.25, 0.3) is 5.91 Å². The zero-order valence-corrected chi connectivity index (χ0v) is 23.5. The first-order valence-electron chi connectivity index (χ1n) is 13.2. The highest BCUT2D eigenvalue weighted by atomic mass is 32.2. The van der Waals surface area contributed by atoms with Crippen molar-refractivity contribution in [2.24, 2.45) is 0 Å². The molecule has 0 fully saturated rings. The largest absolute Gasteiger partial charge is 0.453 e. The molecule has 232 valence electrons. The highest BCUT2D eigenvalue weighted by Crippen LogP contribution is 2.39. The minimum Gasteiger partial charge on any atom is -0.388 e. The van der Waals surface area contributed by atoms with E-state index in [0.717, 1.165) is 56.8 Å². The number of unbranched alkanes of at least 4 members (excludes halogenated alkanes) is 6. The molecule has 4 N–H and O–H groups in total. The summed E-state index contributed by atoms with van der Waals surface area (Å²) >= 11 is 1.38. The van der Waals surface area contributed by atoms with Gasteiger partial charge >= 0.3 is 18.3 Å². The number of carbonyl (C=O) groups excluding carboxylic acids is 1. The Hall–Kier alpha value is -1.80. The number of hydrogen-bond donors (Lipinski definition) is 4. The van der Waals surface area contributed by atoms with Gasteiger partial charge in [-0.05, 0) is 62.4 Å². The van der Waals surface area contributed by atoms with Gasteiger partial charge in [0.15, 0.2) is 5.60 Å². The van der Waals surface area contributed by atoms with E-state index in [4.69, 9.17) is 0 Å². The summed E-state index contributed by atoms with van der Waals surface area (Å²) in [6, 6.07) is 3.31. The summed E-state index contributed by atoms with van der Waals surface area (Å²) in [6.07, 6.45) is -4.97. The fraction of sp³-hybridized carbons (Fsp3) is 0.731. The molecule has 5 nitrogen and oxygen atoms in total. The van der Waals surface area contributed by atoms with E-state index in [2.05, 4.69) is 16.0 Å². The number of rotatable bonds is 19. The SMILES string of the molecule is CNc1ccc(NC(=O)[C@@](C)(O)CNCCCCCCCCCSCCCC(F)(F)C(F)(F)F)cc1C(F)(F)F. The number of amides is 1. The average molecular weight is 610 g/mol. The average Bonchev–Trinajstić information content (AvgIpc) is 2.85. The van der Waals surface area contributed by atoms with E-state index >= 15 is 0 Å². The van der Waals surface area contributed by atoms with Crippen molar-refractivity contribution in [1.29, 1.82) is 0 Å². The van der Waals surface area contributed by atoms with Crippen LogP contribution in [0.15, 0.2) is 18.2 Å². The van der Waals surface area contributed by atoms with Gasteiger partial charge in [-0.15, -0.1) is 0 Å². The molecule has 0 aromatic heterocycles. The van der Waals surface area contributed by atoms with Crippen molar-refractivity contribution >= 4 is 29.0 Å². The van der Waals surface area contributed by atoms with Crippen LogP contribution >= 0.6 is 11.8 Å². The lowest BCUT2D eigenvalue weighted by atomic mass is 10.1. The minimum atomic E-state index is -5.49. The lowest BCUT2D eigenvalue weighted by molar-refractivity contribution is -0.284. The molecule has 0 aliphatic carbocycles. The molecule has 40 heavy (non-hydrogen) atoms. The van der Waals surface area contributed by atoms with Crippen LogP contribution in [0.25, 0.3) is 0 Å². The monoisotopic (exact) mass is 609 g/mol. The zero-order valence-electron chi connectivity index (χ0n) is 22.7. The van der Waals surface area contributed by atoms with E-state index in [1.165, 1.54) is 37.9 Å². The van der Waals surface area contributed by atoms with Gasteiger partial charge in [-0.3, -0.25) is 4.79 Å². The highest BCUT2D eigenvalue weighted by Gasteiger charge is 2.56. The van der Waals surface area contributed by atoms with Crippen LogP contribution in [-0.4, -0.2) is 60.4 Å². The summed E-state index contributed by atoms with van der Waals surface area (Å²) < 4.78 is 101. The molecule has 1 atom stereocenters. The second-order valence-corrected chi connectivity index (χ2v) is 11.0. The van der Waals surface area contributed by atoms with E-state index in [9.17, 15) is 45.0 Å². The first-order chi connectivity index (χ1) is 18.5. The quantitative estimate of drug-likeness (QED) is 0.0968. The van der Waals surface area contributed by atoms with E-state index in [1.54, 1.807) is 0 Å². The fourth-order valence-electron chi connectivity index (χ4n) is 3.73. The second-order valence-electron chi connectivity index (χ2n) is 9.81. The summed E-state index contributed by atoms with van der Waals surface area (Å²) in [5, 5.41) is 18.2. The Morgan fingerprint density at radius 2 is 1.45 bits per heavy atom. The van der Waals surface area contributed by atoms with Gasteiger partial charge in [-0.2, -0.15) is 46.9 Å². The third-order valence-electron chi connectivity index (χ3n) is 6.15. The predicted octanol–water partition coefficient (Wildman–Crippen LogP) is 7.47. The number of hydrogen-bond acceptors (Lipinski definition) is 5. The number of carbonyl (C=O) groups is 1. The van der Waals surface area contributed by atoms with Gasteiger partial charge in [-0.25, -0.2) is 0 Å². The minimum absolute atomic E-state index is 0.0783. The Bertz CT molecular complexity index is 896. The smallest absolute Gasteiger partial charge is 0.388 e. The lowest BCUT2D eigenvalue weighted by Crippen LogP contribution is -2.48. The van der Waals surface area contributed by atoms with Crippen LogP contribution in [0, 0.1) is 0 Å². The van der Waals surface area contributed by atoms with Gasteiger partial charge in [0, 0.05) is 31.4 Å². The first kappa shape index (κ1) is 36.2. The molecule has 0 heterocycles. The summed E-state index contributed by atoms with van der Waals surface area (Å²) in [5.41, 5.74) is -2.98. The summed E-state index contributed by atoms with van der Waals surface area (Å²) in [7, 11) is 1.36. The van der Waals surface area contributed by atoms with E-state index in [-0.39, 0.29) is 30.1 Å². The molecule has 0 spiro atoms. The molecule has 0 aliphatic heterocycles. The van der Waals surface area contributed by atoms with Crippen molar-refractivity contribution < 1.29 is 45.0 Å². The van der Waals surface area contributed by atoms with Crippen LogP contribution in [0.1, 0.15) is 70.3 Å². The Morgan fingerprint density at radius 1 is 0.875 bits per heavy atom. The van der Waals surface area contributed by atoms with Crippen molar-refractivity contribution in [1.82, 2.24) is 5.32 Å². The summed E-state index contributed by atoms with van der Waals surface area (Å²) in [4.78, 5) is 12.4. The first-order valence-corrected chi connectivity index (χ1v) is 14.3. The Kier molecular flexibility index (Phi) is 15.0. The van der Waals surface area contributed by atoms with Crippen LogP contribution in [0.2, 0.25) is 0 Å². The molecule has 0 aliphatic rings. The molecule has 0 saturated carbocycles. The third kappa shape index (κ3) is 13.2. The maximum Gasteiger partial charge on any atom is 0.453 e. The molecule has 0 bridgehead atoms. The molecule has 0 radical (unpaired) electrons. The van der Waals surface area contributed by atoms with Crippen molar-refractivity contribution in [2.75, 3.05) is 42.3 Å². The Morgan fingerprint density at radius 3 is 2.02 bits per heavy atom. The van der Waals surface area contributed by atoms with Gasteiger partial charge in [0.05, 0.1) is 5.56 Å². The van der Waals surface area contributed by atoms with Crippen LogP contribution in [0.5, 0.6) is 0 Å². The highest BCUT2D eigenvalue weighted by molar-refractivity contribution is 7.99. The summed E-state index contributed by atoms with van der Waals surface area (Å²) in [6.45, 7) is 1.74. The topological polar surface area (TPSA) is 73.4 Å². The number of halogens is 8. The molecule has 1 aromatic carbocycles. The number of nitrogens with one attached hydrogen (secondary N) is 3. The number of alkyl halides is 8. The number of anilines is 2. The molecule has 0 unspecified atom stereocenters. The molecule has 1 aromatic rings. The molecule has 1 rings (SSSR count). The zero-order chi connectivity index (χ0) is 30.5. The third-order valence-corrected chi connectivity index (χ3v) is 7.30.